The highest BCUT2D eigenvalue weighted by molar-refractivity contribution is 5.98. The number of hydrogen-bond acceptors (Lipinski definition) is 3. The summed E-state index contributed by atoms with van der Waals surface area (Å²) in [5, 5.41) is 8.26. The number of hydrogen-bond donors (Lipinski definition) is 3. The molecule has 2 aliphatic rings. The van der Waals surface area contributed by atoms with Gasteiger partial charge < -0.3 is 20.9 Å². The van der Waals surface area contributed by atoms with Crippen molar-refractivity contribution in [1.82, 2.24) is 15.5 Å². The van der Waals surface area contributed by atoms with Gasteiger partial charge in [-0.15, -0.1) is 0 Å². The second kappa shape index (κ2) is 8.41. The van der Waals surface area contributed by atoms with E-state index in [2.05, 4.69) is 16.0 Å². The van der Waals surface area contributed by atoms with Crippen molar-refractivity contribution < 1.29 is 14.4 Å². The zero-order valence-corrected chi connectivity index (χ0v) is 16.0. The van der Waals surface area contributed by atoms with E-state index in [9.17, 15) is 14.4 Å². The zero-order valence-electron chi connectivity index (χ0n) is 16.0. The van der Waals surface area contributed by atoms with Crippen LogP contribution in [0.25, 0.3) is 0 Å². The molecule has 1 aliphatic heterocycles. The average Bonchev–Trinajstić information content (AvgIpc) is 3.30. The number of nitrogens with one attached hydrogen (secondary N) is 3. The first-order chi connectivity index (χ1) is 13.0. The number of urea groups is 1. The molecular formula is C20H28N4O3. The molecule has 7 nitrogen and oxygen atoms in total. The first-order valence-electron chi connectivity index (χ1n) is 9.65. The van der Waals surface area contributed by atoms with Gasteiger partial charge in [-0.05, 0) is 37.5 Å². The van der Waals surface area contributed by atoms with Gasteiger partial charge in [0.05, 0.1) is 0 Å². The summed E-state index contributed by atoms with van der Waals surface area (Å²) < 4.78 is 0. The van der Waals surface area contributed by atoms with Crippen LogP contribution in [0.15, 0.2) is 18.2 Å². The number of anilines is 1. The van der Waals surface area contributed by atoms with E-state index in [1.807, 2.05) is 4.90 Å². The Morgan fingerprint density at radius 2 is 1.96 bits per heavy atom. The average molecular weight is 372 g/mol. The molecule has 3 N–H and O–H groups in total. The number of carbonyl (C=O) groups is 3. The third-order valence-corrected chi connectivity index (χ3v) is 5.61. The second-order valence-corrected chi connectivity index (χ2v) is 7.45. The van der Waals surface area contributed by atoms with Crippen molar-refractivity contribution in [1.29, 1.82) is 0 Å². The fourth-order valence-corrected chi connectivity index (χ4v) is 4.07. The maximum absolute atomic E-state index is 12.3. The van der Waals surface area contributed by atoms with Crippen molar-refractivity contribution in [3.63, 3.8) is 0 Å². The van der Waals surface area contributed by atoms with Crippen LogP contribution in [-0.4, -0.2) is 48.9 Å². The minimum atomic E-state index is -0.320. The van der Waals surface area contributed by atoms with Crippen LogP contribution in [0.1, 0.15) is 48.0 Å². The van der Waals surface area contributed by atoms with Crippen molar-refractivity contribution in [2.24, 2.45) is 5.92 Å². The summed E-state index contributed by atoms with van der Waals surface area (Å²) in [5.41, 5.74) is 1.85. The van der Waals surface area contributed by atoms with Crippen LogP contribution in [0.2, 0.25) is 0 Å². The fraction of sp³-hybridized carbons (Fsp3) is 0.550. The van der Waals surface area contributed by atoms with Gasteiger partial charge in [-0.2, -0.15) is 0 Å². The van der Waals surface area contributed by atoms with E-state index in [0.717, 1.165) is 24.9 Å². The highest BCUT2D eigenvalue weighted by Crippen LogP contribution is 2.29. The predicted octanol–water partition coefficient (Wildman–Crippen LogP) is 2.27. The van der Waals surface area contributed by atoms with E-state index >= 15 is 0 Å². The number of nitrogens with zero attached hydrogens (tertiary/aromatic N) is 1. The molecule has 1 atom stereocenters. The quantitative estimate of drug-likeness (QED) is 0.740. The lowest BCUT2D eigenvalue weighted by Gasteiger charge is -2.24. The van der Waals surface area contributed by atoms with Gasteiger partial charge in [-0.3, -0.25) is 9.59 Å². The molecule has 1 aliphatic carbocycles. The first-order valence-corrected chi connectivity index (χ1v) is 9.65. The Morgan fingerprint density at radius 3 is 2.67 bits per heavy atom. The monoisotopic (exact) mass is 372 g/mol. The van der Waals surface area contributed by atoms with Gasteiger partial charge >= 0.3 is 6.03 Å². The minimum Gasteiger partial charge on any atom is -0.355 e. The van der Waals surface area contributed by atoms with Crippen molar-refractivity contribution in [2.45, 2.75) is 45.1 Å². The Bertz CT molecular complexity index is 728. The van der Waals surface area contributed by atoms with Crippen molar-refractivity contribution in [3.05, 3.63) is 29.3 Å². The smallest absolute Gasteiger partial charge is 0.319 e. The summed E-state index contributed by atoms with van der Waals surface area (Å²) in [4.78, 5) is 38.4. The zero-order chi connectivity index (χ0) is 19.4. The Balaban J connectivity index is 1.52. The topological polar surface area (TPSA) is 90.5 Å². The van der Waals surface area contributed by atoms with Crippen molar-refractivity contribution >= 4 is 23.5 Å². The molecule has 0 unspecified atom stereocenters. The summed E-state index contributed by atoms with van der Waals surface area (Å²) in [5.74, 6) is 0.179. The van der Waals surface area contributed by atoms with Gasteiger partial charge in [0.15, 0.2) is 0 Å². The van der Waals surface area contributed by atoms with Crippen LogP contribution >= 0.6 is 0 Å². The molecule has 1 saturated carbocycles. The first kappa shape index (κ1) is 19.2. The fourth-order valence-electron chi connectivity index (χ4n) is 4.07. The Kier molecular flexibility index (Phi) is 5.98. The minimum absolute atomic E-state index is 0.155. The number of likely N-dealkylation sites (tertiary alicyclic amines) is 1. The van der Waals surface area contributed by atoms with Gasteiger partial charge in [0.25, 0.3) is 5.91 Å². The maximum Gasteiger partial charge on any atom is 0.319 e. The number of amides is 4. The lowest BCUT2D eigenvalue weighted by molar-refractivity contribution is -0.129. The third kappa shape index (κ3) is 4.40. The van der Waals surface area contributed by atoms with E-state index in [1.54, 1.807) is 32.2 Å². The standard InChI is InChI=1S/C20H28N4O3/c1-13-16(19(26)21-2)8-5-9-17(13)23-20(27)22-11-14-10-18(25)24(12-14)15-6-3-4-7-15/h5,8-9,14-15H,3-4,6-7,10-12H2,1-2H3,(H,21,26)(H2,22,23,27)/t14-/m0/s1. The van der Waals surface area contributed by atoms with Crippen LogP contribution in [0.4, 0.5) is 10.5 Å². The van der Waals surface area contributed by atoms with Crippen LogP contribution in [0.3, 0.4) is 0 Å². The highest BCUT2D eigenvalue weighted by atomic mass is 16.2. The molecule has 3 rings (SSSR count). The molecular weight excluding hydrogens is 344 g/mol. The van der Waals surface area contributed by atoms with Gasteiger partial charge in [-0.1, -0.05) is 18.9 Å². The number of carbonyl (C=O) groups excluding carboxylic acids is 3. The molecule has 1 aromatic rings. The lowest BCUT2D eigenvalue weighted by Crippen LogP contribution is -2.37. The van der Waals surface area contributed by atoms with E-state index in [1.165, 1.54) is 12.8 Å². The molecule has 0 radical (unpaired) electrons. The van der Waals surface area contributed by atoms with E-state index in [-0.39, 0.29) is 23.8 Å². The molecule has 2 fully saturated rings. The lowest BCUT2D eigenvalue weighted by atomic mass is 10.1. The molecule has 146 valence electrons. The van der Waals surface area contributed by atoms with E-state index in [4.69, 9.17) is 0 Å². The summed E-state index contributed by atoms with van der Waals surface area (Å²) in [7, 11) is 1.58. The summed E-state index contributed by atoms with van der Waals surface area (Å²) in [6.45, 7) is 3.00. The number of benzene rings is 1. The predicted molar refractivity (Wildman–Crippen MR) is 104 cm³/mol. The molecule has 4 amide bonds. The molecule has 1 saturated heterocycles. The van der Waals surface area contributed by atoms with E-state index in [0.29, 0.717) is 30.3 Å². The molecule has 27 heavy (non-hydrogen) atoms. The van der Waals surface area contributed by atoms with Crippen molar-refractivity contribution in [2.75, 3.05) is 25.5 Å². The Labute approximate surface area is 159 Å². The van der Waals surface area contributed by atoms with Gasteiger partial charge in [0, 0.05) is 49.8 Å². The van der Waals surface area contributed by atoms with Gasteiger partial charge in [0.2, 0.25) is 5.91 Å². The van der Waals surface area contributed by atoms with Crippen molar-refractivity contribution in [3.8, 4) is 0 Å². The third-order valence-electron chi connectivity index (χ3n) is 5.61. The highest BCUT2D eigenvalue weighted by Gasteiger charge is 2.35. The normalized spacial score (nSPS) is 20.0. The molecule has 1 aromatic carbocycles. The molecule has 0 spiro atoms. The molecule has 0 bridgehead atoms. The second-order valence-electron chi connectivity index (χ2n) is 7.45. The summed E-state index contributed by atoms with van der Waals surface area (Å²) in [6, 6.07) is 5.30. The Hall–Kier alpha value is -2.57. The van der Waals surface area contributed by atoms with Gasteiger partial charge in [-0.25, -0.2) is 4.79 Å². The molecule has 0 aromatic heterocycles. The molecule has 7 heteroatoms. The van der Waals surface area contributed by atoms with Crippen LogP contribution in [0.5, 0.6) is 0 Å². The summed E-state index contributed by atoms with van der Waals surface area (Å²) >= 11 is 0. The maximum atomic E-state index is 12.3. The van der Waals surface area contributed by atoms with Crippen LogP contribution in [0, 0.1) is 12.8 Å². The van der Waals surface area contributed by atoms with Gasteiger partial charge in [0.1, 0.15) is 0 Å². The SMILES string of the molecule is CNC(=O)c1cccc(NC(=O)NC[C@@H]2CC(=O)N(C3CCCC3)C2)c1C. The Morgan fingerprint density at radius 1 is 1.22 bits per heavy atom. The largest absolute Gasteiger partial charge is 0.355 e. The summed E-state index contributed by atoms with van der Waals surface area (Å²) in [6.07, 6.45) is 5.12. The molecule has 1 heterocycles. The van der Waals surface area contributed by atoms with Crippen LogP contribution < -0.4 is 16.0 Å². The number of rotatable bonds is 5. The van der Waals surface area contributed by atoms with E-state index < -0.39 is 0 Å². The van der Waals surface area contributed by atoms with Crippen LogP contribution in [-0.2, 0) is 4.79 Å².